The molecule has 0 saturated carbocycles. The van der Waals surface area contributed by atoms with Gasteiger partial charge in [-0.2, -0.15) is 0 Å². The van der Waals surface area contributed by atoms with Crippen molar-refractivity contribution in [3.05, 3.63) is 51.8 Å². The first kappa shape index (κ1) is 18.0. The molecule has 1 heterocycles. The van der Waals surface area contributed by atoms with Gasteiger partial charge in [0.15, 0.2) is 29.6 Å². The lowest BCUT2D eigenvalue weighted by atomic mass is 10.1. The van der Waals surface area contributed by atoms with Crippen LogP contribution in [0.4, 0.5) is 0 Å². The highest BCUT2D eigenvalue weighted by Crippen LogP contribution is 2.27. The third-order valence-corrected chi connectivity index (χ3v) is 3.56. The Bertz CT molecular complexity index is 779. The lowest BCUT2D eigenvalue weighted by molar-refractivity contribution is 0.0469. The van der Waals surface area contributed by atoms with Gasteiger partial charge in [0.1, 0.15) is 5.15 Å². The van der Waals surface area contributed by atoms with Gasteiger partial charge in [0, 0.05) is 5.56 Å². The van der Waals surface area contributed by atoms with Gasteiger partial charge in [-0.05, 0) is 30.3 Å². The number of pyridine rings is 1. The van der Waals surface area contributed by atoms with Crippen molar-refractivity contribution in [1.82, 2.24) is 4.98 Å². The maximum absolute atomic E-state index is 12.1. The first-order valence-corrected chi connectivity index (χ1v) is 7.46. The number of nitrogens with zero attached hydrogens (tertiary/aromatic N) is 1. The Kier molecular flexibility index (Phi) is 6.00. The van der Waals surface area contributed by atoms with Crippen molar-refractivity contribution in [2.24, 2.45) is 0 Å². The van der Waals surface area contributed by atoms with Crippen LogP contribution < -0.4 is 9.47 Å². The molecule has 0 aliphatic heterocycles. The van der Waals surface area contributed by atoms with E-state index in [9.17, 15) is 9.59 Å². The molecule has 24 heavy (non-hydrogen) atoms. The fourth-order valence-corrected chi connectivity index (χ4v) is 2.18. The molecule has 8 heteroatoms. The average Bonchev–Trinajstić information content (AvgIpc) is 2.60. The zero-order valence-electron chi connectivity index (χ0n) is 12.8. The monoisotopic (exact) mass is 369 g/mol. The largest absolute Gasteiger partial charge is 0.493 e. The Morgan fingerprint density at radius 1 is 1.04 bits per heavy atom. The molecular formula is C16H13Cl2NO5. The zero-order chi connectivity index (χ0) is 17.7. The van der Waals surface area contributed by atoms with Crippen LogP contribution in [0.15, 0.2) is 30.3 Å². The molecule has 0 N–H and O–H groups in total. The number of ether oxygens (including phenoxy) is 3. The van der Waals surface area contributed by atoms with Crippen molar-refractivity contribution in [1.29, 1.82) is 0 Å². The summed E-state index contributed by atoms with van der Waals surface area (Å²) in [6, 6.07) is 7.49. The fourth-order valence-electron chi connectivity index (χ4n) is 1.85. The molecule has 0 radical (unpaired) electrons. The minimum Gasteiger partial charge on any atom is -0.493 e. The molecule has 0 saturated heterocycles. The van der Waals surface area contributed by atoms with Crippen LogP contribution in [0, 0.1) is 0 Å². The van der Waals surface area contributed by atoms with Gasteiger partial charge in [-0.3, -0.25) is 4.79 Å². The molecule has 2 aromatic rings. The number of methoxy groups -OCH3 is 2. The van der Waals surface area contributed by atoms with Gasteiger partial charge in [-0.1, -0.05) is 23.2 Å². The van der Waals surface area contributed by atoms with Crippen LogP contribution in [0.3, 0.4) is 0 Å². The molecule has 0 fully saturated rings. The summed E-state index contributed by atoms with van der Waals surface area (Å²) >= 11 is 11.6. The summed E-state index contributed by atoms with van der Waals surface area (Å²) in [4.78, 5) is 27.9. The highest BCUT2D eigenvalue weighted by molar-refractivity contribution is 6.34. The third kappa shape index (κ3) is 4.15. The summed E-state index contributed by atoms with van der Waals surface area (Å²) in [5.74, 6) is -0.367. The van der Waals surface area contributed by atoms with Gasteiger partial charge in [0.2, 0.25) is 0 Å². The number of aromatic nitrogens is 1. The van der Waals surface area contributed by atoms with Gasteiger partial charge < -0.3 is 14.2 Å². The number of carbonyl (C=O) groups is 2. The number of hydrogen-bond acceptors (Lipinski definition) is 6. The topological polar surface area (TPSA) is 74.7 Å². The van der Waals surface area contributed by atoms with Gasteiger partial charge in [-0.25, -0.2) is 9.78 Å². The normalized spacial score (nSPS) is 10.2. The highest BCUT2D eigenvalue weighted by Gasteiger charge is 2.17. The maximum atomic E-state index is 12.1. The molecule has 0 atom stereocenters. The number of esters is 1. The SMILES string of the molecule is COc1ccc(C(=O)COC(=O)c2nc(Cl)ccc2Cl)cc1OC. The summed E-state index contributed by atoms with van der Waals surface area (Å²) < 4.78 is 15.2. The van der Waals surface area contributed by atoms with Crippen LogP contribution in [0.5, 0.6) is 11.5 Å². The first-order chi connectivity index (χ1) is 11.5. The Labute approximate surface area is 148 Å². The summed E-state index contributed by atoms with van der Waals surface area (Å²) in [5, 5.41) is 0.181. The van der Waals surface area contributed by atoms with Crippen molar-refractivity contribution < 1.29 is 23.8 Å². The molecule has 6 nitrogen and oxygen atoms in total. The van der Waals surface area contributed by atoms with Crippen molar-refractivity contribution >= 4 is 35.0 Å². The molecule has 0 aliphatic rings. The summed E-state index contributed by atoms with van der Waals surface area (Å²) in [5.41, 5.74) is 0.162. The lowest BCUT2D eigenvalue weighted by Crippen LogP contribution is -2.15. The molecular weight excluding hydrogens is 357 g/mol. The zero-order valence-corrected chi connectivity index (χ0v) is 14.4. The molecule has 1 aromatic carbocycles. The van der Waals surface area contributed by atoms with E-state index in [1.807, 2.05) is 0 Å². The van der Waals surface area contributed by atoms with Gasteiger partial charge in [-0.15, -0.1) is 0 Å². The second-order valence-electron chi connectivity index (χ2n) is 4.53. The second-order valence-corrected chi connectivity index (χ2v) is 5.33. The summed E-state index contributed by atoms with van der Waals surface area (Å²) in [7, 11) is 2.95. The number of Topliss-reactive ketones (excluding diaryl/α,β-unsaturated/α-hetero) is 1. The van der Waals surface area contributed by atoms with E-state index in [2.05, 4.69) is 4.98 Å². The van der Waals surface area contributed by atoms with Gasteiger partial charge in [0.05, 0.1) is 19.2 Å². The quantitative estimate of drug-likeness (QED) is 0.441. The Morgan fingerprint density at radius 3 is 2.42 bits per heavy atom. The Hall–Kier alpha value is -2.31. The Morgan fingerprint density at radius 2 is 1.75 bits per heavy atom. The molecule has 0 unspecified atom stereocenters. The van der Waals surface area contributed by atoms with Crippen molar-refractivity contribution in [3.63, 3.8) is 0 Å². The van der Waals surface area contributed by atoms with Crippen LogP contribution >= 0.6 is 23.2 Å². The summed E-state index contributed by atoms with van der Waals surface area (Å²) in [6.07, 6.45) is 0. The molecule has 2 rings (SSSR count). The van der Waals surface area contributed by atoms with Crippen LogP contribution in [0.25, 0.3) is 0 Å². The molecule has 0 spiro atoms. The van der Waals surface area contributed by atoms with E-state index < -0.39 is 18.4 Å². The fraction of sp³-hybridized carbons (Fsp3) is 0.188. The first-order valence-electron chi connectivity index (χ1n) is 6.70. The molecule has 126 valence electrons. The highest BCUT2D eigenvalue weighted by atomic mass is 35.5. The van der Waals surface area contributed by atoms with E-state index in [0.717, 1.165) is 0 Å². The van der Waals surface area contributed by atoms with E-state index in [4.69, 9.17) is 37.4 Å². The van der Waals surface area contributed by atoms with E-state index in [1.54, 1.807) is 12.1 Å². The number of carbonyl (C=O) groups excluding carboxylic acids is 2. The number of ketones is 1. The average molecular weight is 370 g/mol. The summed E-state index contributed by atoms with van der Waals surface area (Å²) in [6.45, 7) is -0.473. The van der Waals surface area contributed by atoms with Gasteiger partial charge >= 0.3 is 5.97 Å². The second kappa shape index (κ2) is 7.99. The molecule has 0 amide bonds. The predicted octanol–water partition coefficient (Wildman–Crippen LogP) is 3.45. The van der Waals surface area contributed by atoms with Crippen LogP contribution in [-0.2, 0) is 4.74 Å². The van der Waals surface area contributed by atoms with Crippen LogP contribution in [-0.4, -0.2) is 37.6 Å². The number of hydrogen-bond donors (Lipinski definition) is 0. The standard InChI is InChI=1S/C16H13Cl2NO5/c1-22-12-5-3-9(7-13(12)23-2)11(20)8-24-16(21)15-10(17)4-6-14(18)19-15/h3-7H,8H2,1-2H3. The molecule has 1 aromatic heterocycles. The number of benzene rings is 1. The third-order valence-electron chi connectivity index (χ3n) is 3.05. The van der Waals surface area contributed by atoms with Crippen LogP contribution in [0.2, 0.25) is 10.2 Å². The molecule has 0 aliphatic carbocycles. The molecule has 0 bridgehead atoms. The number of halogens is 2. The van der Waals surface area contributed by atoms with E-state index in [-0.39, 0.29) is 15.9 Å². The van der Waals surface area contributed by atoms with E-state index >= 15 is 0 Å². The van der Waals surface area contributed by atoms with Gasteiger partial charge in [0.25, 0.3) is 0 Å². The number of rotatable bonds is 6. The van der Waals surface area contributed by atoms with Crippen LogP contribution in [0.1, 0.15) is 20.8 Å². The minimum atomic E-state index is -0.837. The maximum Gasteiger partial charge on any atom is 0.359 e. The minimum absolute atomic E-state index is 0.0861. The van der Waals surface area contributed by atoms with Crippen molar-refractivity contribution in [2.75, 3.05) is 20.8 Å². The van der Waals surface area contributed by atoms with Crippen molar-refractivity contribution in [2.45, 2.75) is 0 Å². The van der Waals surface area contributed by atoms with Crippen molar-refractivity contribution in [3.8, 4) is 11.5 Å². The smallest absolute Gasteiger partial charge is 0.359 e. The van der Waals surface area contributed by atoms with E-state index in [0.29, 0.717) is 17.1 Å². The Balaban J connectivity index is 2.07. The van der Waals surface area contributed by atoms with E-state index in [1.165, 1.54) is 32.4 Å². The lowest BCUT2D eigenvalue weighted by Gasteiger charge is -2.09. The predicted molar refractivity (Wildman–Crippen MR) is 88.4 cm³/mol.